The molecule has 27 heavy (non-hydrogen) atoms. The maximum absolute atomic E-state index is 12.8. The summed E-state index contributed by atoms with van der Waals surface area (Å²) in [5, 5.41) is 7.04. The van der Waals surface area contributed by atoms with E-state index in [0.29, 0.717) is 19.5 Å². The lowest BCUT2D eigenvalue weighted by Gasteiger charge is -2.33. The van der Waals surface area contributed by atoms with Gasteiger partial charge in [-0.2, -0.15) is 0 Å². The molecule has 1 fully saturated rings. The minimum absolute atomic E-state index is 0.0185. The van der Waals surface area contributed by atoms with E-state index in [4.69, 9.17) is 9.57 Å². The normalized spacial score (nSPS) is 22.2. The Balaban J connectivity index is 1.57. The van der Waals surface area contributed by atoms with Crippen LogP contribution in [0.1, 0.15) is 38.7 Å². The molecular weight excluding hydrogens is 346 g/mol. The number of benzene rings is 1. The number of nitrogens with one attached hydrogen (secondary N) is 1. The largest absolute Gasteiger partial charge is 0.497 e. The highest BCUT2D eigenvalue weighted by molar-refractivity contribution is 6.04. The standard InChI is InChI=1S/C20H27N3O4/c1-13(2)21-19(24)15-5-4-10-23(12-15)20(25)18-11-17(22-27-18)14-6-8-16(26-3)9-7-14/h6-9,13,15,18H,4-5,10-12H2,1-3H3,(H,21,24). The van der Waals surface area contributed by atoms with Gasteiger partial charge < -0.3 is 19.8 Å². The van der Waals surface area contributed by atoms with Crippen molar-refractivity contribution in [3.05, 3.63) is 29.8 Å². The number of hydrogen-bond donors (Lipinski definition) is 1. The van der Waals surface area contributed by atoms with Gasteiger partial charge in [-0.25, -0.2) is 0 Å². The third-order valence-electron chi connectivity index (χ3n) is 4.90. The van der Waals surface area contributed by atoms with Gasteiger partial charge in [-0.1, -0.05) is 5.16 Å². The quantitative estimate of drug-likeness (QED) is 0.855. The lowest BCUT2D eigenvalue weighted by molar-refractivity contribution is -0.145. The molecule has 1 N–H and O–H groups in total. The number of methoxy groups -OCH3 is 1. The number of ether oxygens (including phenoxy) is 1. The van der Waals surface area contributed by atoms with E-state index in [1.54, 1.807) is 12.0 Å². The second-order valence-electron chi connectivity index (χ2n) is 7.35. The van der Waals surface area contributed by atoms with Gasteiger partial charge in [0.2, 0.25) is 12.0 Å². The van der Waals surface area contributed by atoms with Gasteiger partial charge in [0.15, 0.2) is 0 Å². The first-order valence-electron chi connectivity index (χ1n) is 9.44. The predicted molar refractivity (Wildman–Crippen MR) is 102 cm³/mol. The predicted octanol–water partition coefficient (Wildman–Crippen LogP) is 1.95. The average Bonchev–Trinajstić information content (AvgIpc) is 3.17. The van der Waals surface area contributed by atoms with Gasteiger partial charge in [-0.3, -0.25) is 9.59 Å². The van der Waals surface area contributed by atoms with Crippen LogP contribution in [-0.2, 0) is 14.4 Å². The van der Waals surface area contributed by atoms with Gasteiger partial charge >= 0.3 is 0 Å². The van der Waals surface area contributed by atoms with E-state index in [1.165, 1.54) is 0 Å². The number of oxime groups is 1. The van der Waals surface area contributed by atoms with E-state index < -0.39 is 6.10 Å². The highest BCUT2D eigenvalue weighted by Crippen LogP contribution is 2.23. The number of likely N-dealkylation sites (tertiary alicyclic amines) is 1. The van der Waals surface area contributed by atoms with E-state index in [1.807, 2.05) is 38.1 Å². The molecule has 2 atom stereocenters. The molecule has 146 valence electrons. The molecule has 0 bridgehead atoms. The number of amides is 2. The van der Waals surface area contributed by atoms with Crippen LogP contribution in [0.4, 0.5) is 0 Å². The van der Waals surface area contributed by atoms with Crippen LogP contribution in [0.3, 0.4) is 0 Å². The van der Waals surface area contributed by atoms with Crippen LogP contribution in [0.5, 0.6) is 5.75 Å². The molecule has 1 aromatic rings. The van der Waals surface area contributed by atoms with Crippen molar-refractivity contribution in [2.24, 2.45) is 11.1 Å². The van der Waals surface area contributed by atoms with Crippen LogP contribution in [0.2, 0.25) is 0 Å². The molecule has 0 saturated carbocycles. The molecule has 7 nitrogen and oxygen atoms in total. The van der Waals surface area contributed by atoms with Crippen LogP contribution in [0.15, 0.2) is 29.4 Å². The molecule has 0 spiro atoms. The summed E-state index contributed by atoms with van der Waals surface area (Å²) >= 11 is 0. The highest BCUT2D eigenvalue weighted by atomic mass is 16.6. The number of nitrogens with zero attached hydrogens (tertiary/aromatic N) is 2. The van der Waals surface area contributed by atoms with E-state index >= 15 is 0 Å². The van der Waals surface area contributed by atoms with Crippen molar-refractivity contribution in [3.63, 3.8) is 0 Å². The van der Waals surface area contributed by atoms with Gasteiger partial charge in [0.25, 0.3) is 5.91 Å². The molecule has 2 amide bonds. The molecule has 3 rings (SSSR count). The minimum atomic E-state index is -0.617. The Morgan fingerprint density at radius 3 is 2.70 bits per heavy atom. The van der Waals surface area contributed by atoms with Crippen molar-refractivity contribution in [1.82, 2.24) is 10.2 Å². The summed E-state index contributed by atoms with van der Waals surface area (Å²) in [6, 6.07) is 7.62. The molecular formula is C20H27N3O4. The number of rotatable bonds is 5. The second kappa shape index (κ2) is 8.41. The zero-order chi connectivity index (χ0) is 19.4. The van der Waals surface area contributed by atoms with Crippen LogP contribution in [0, 0.1) is 5.92 Å². The summed E-state index contributed by atoms with van der Waals surface area (Å²) in [4.78, 5) is 32.3. The lowest BCUT2D eigenvalue weighted by Crippen LogP contribution is -2.49. The van der Waals surface area contributed by atoms with Gasteiger partial charge in [-0.15, -0.1) is 0 Å². The van der Waals surface area contributed by atoms with Crippen LogP contribution in [0.25, 0.3) is 0 Å². The third-order valence-corrected chi connectivity index (χ3v) is 4.90. The third kappa shape index (κ3) is 4.59. The van der Waals surface area contributed by atoms with E-state index in [9.17, 15) is 9.59 Å². The molecule has 7 heteroatoms. The summed E-state index contributed by atoms with van der Waals surface area (Å²) in [7, 11) is 1.62. The Bertz CT molecular complexity index is 714. The van der Waals surface area contributed by atoms with Crippen LogP contribution >= 0.6 is 0 Å². The summed E-state index contributed by atoms with van der Waals surface area (Å²) in [5.41, 5.74) is 1.67. The van der Waals surface area contributed by atoms with Crippen molar-refractivity contribution in [2.75, 3.05) is 20.2 Å². The Morgan fingerprint density at radius 2 is 2.04 bits per heavy atom. The Hall–Kier alpha value is -2.57. The zero-order valence-electron chi connectivity index (χ0n) is 16.1. The summed E-state index contributed by atoms with van der Waals surface area (Å²) < 4.78 is 5.16. The Morgan fingerprint density at radius 1 is 1.30 bits per heavy atom. The maximum Gasteiger partial charge on any atom is 0.266 e. The number of carbonyl (C=O) groups is 2. The molecule has 2 heterocycles. The summed E-state index contributed by atoms with van der Waals surface area (Å²) in [6.07, 6.45) is 1.45. The SMILES string of the molecule is COc1ccc(C2=NOC(C(=O)N3CCCC(C(=O)NC(C)C)C3)C2)cc1. The average molecular weight is 373 g/mol. The molecule has 0 radical (unpaired) electrons. The first-order chi connectivity index (χ1) is 13.0. The topological polar surface area (TPSA) is 80.2 Å². The minimum Gasteiger partial charge on any atom is -0.497 e. The van der Waals surface area contributed by atoms with Crippen molar-refractivity contribution < 1.29 is 19.2 Å². The van der Waals surface area contributed by atoms with Crippen molar-refractivity contribution >= 4 is 17.5 Å². The fraction of sp³-hybridized carbons (Fsp3) is 0.550. The number of carbonyl (C=O) groups excluding carboxylic acids is 2. The van der Waals surface area contributed by atoms with E-state index in [-0.39, 0.29) is 23.8 Å². The molecule has 2 aliphatic heterocycles. The summed E-state index contributed by atoms with van der Waals surface area (Å²) in [5.74, 6) is 0.535. The number of hydrogen-bond acceptors (Lipinski definition) is 5. The smallest absolute Gasteiger partial charge is 0.266 e. The van der Waals surface area contributed by atoms with E-state index in [2.05, 4.69) is 10.5 Å². The monoisotopic (exact) mass is 373 g/mol. The van der Waals surface area contributed by atoms with Crippen LogP contribution in [-0.4, -0.2) is 54.8 Å². The Labute approximate surface area is 159 Å². The van der Waals surface area contributed by atoms with E-state index in [0.717, 1.165) is 29.9 Å². The van der Waals surface area contributed by atoms with Crippen LogP contribution < -0.4 is 10.1 Å². The molecule has 0 aromatic heterocycles. The zero-order valence-corrected chi connectivity index (χ0v) is 16.1. The van der Waals surface area contributed by atoms with Gasteiger partial charge in [0.1, 0.15) is 5.75 Å². The van der Waals surface area contributed by atoms with Gasteiger partial charge in [-0.05, 0) is 56.5 Å². The van der Waals surface area contributed by atoms with Gasteiger partial charge in [0, 0.05) is 25.6 Å². The van der Waals surface area contributed by atoms with Crippen molar-refractivity contribution in [3.8, 4) is 5.75 Å². The van der Waals surface area contributed by atoms with Crippen molar-refractivity contribution in [1.29, 1.82) is 0 Å². The molecule has 0 aliphatic carbocycles. The maximum atomic E-state index is 12.8. The molecule has 1 saturated heterocycles. The molecule has 2 aliphatic rings. The Kier molecular flexibility index (Phi) is 5.98. The highest BCUT2D eigenvalue weighted by Gasteiger charge is 2.36. The second-order valence-corrected chi connectivity index (χ2v) is 7.35. The first-order valence-corrected chi connectivity index (χ1v) is 9.44. The fourth-order valence-corrected chi connectivity index (χ4v) is 3.46. The van der Waals surface area contributed by atoms with Crippen molar-refractivity contribution in [2.45, 2.75) is 45.3 Å². The first kappa shape index (κ1) is 19.2. The lowest BCUT2D eigenvalue weighted by atomic mass is 9.96. The van der Waals surface area contributed by atoms with Gasteiger partial charge in [0.05, 0.1) is 18.7 Å². The fourth-order valence-electron chi connectivity index (χ4n) is 3.46. The molecule has 2 unspecified atom stereocenters. The number of piperidine rings is 1. The molecule has 1 aromatic carbocycles. The summed E-state index contributed by atoms with van der Waals surface area (Å²) in [6.45, 7) is 4.97.